The van der Waals surface area contributed by atoms with Gasteiger partial charge in [0.25, 0.3) is 0 Å². The normalized spacial score (nSPS) is 12.0. The topological polar surface area (TPSA) is 0 Å². The molecule has 0 saturated carbocycles. The van der Waals surface area contributed by atoms with E-state index in [1.165, 1.54) is 41.6 Å². The molecule has 2 heteroatoms. The molecule has 0 aromatic heterocycles. The largest absolute Gasteiger partial charge is 0.0738 e. The molecule has 0 unspecified atom stereocenters. The second-order valence-electron chi connectivity index (χ2n) is 8.83. The average molecular weight is 419 g/mol. The van der Waals surface area contributed by atoms with Crippen LogP contribution in [0.1, 0.15) is 32.6 Å². The zero-order chi connectivity index (χ0) is 20.7. The Morgan fingerprint density at radius 3 is 1.31 bits per heavy atom. The van der Waals surface area contributed by atoms with Gasteiger partial charge in [0.05, 0.1) is 8.07 Å². The predicted molar refractivity (Wildman–Crippen MR) is 138 cm³/mol. The van der Waals surface area contributed by atoms with Gasteiger partial charge < -0.3 is 0 Å². The van der Waals surface area contributed by atoms with Crippen LogP contribution in [0.3, 0.4) is 0 Å². The molecule has 0 radical (unpaired) electrons. The lowest BCUT2D eigenvalue weighted by Gasteiger charge is -2.38. The quantitative estimate of drug-likeness (QED) is 0.219. The van der Waals surface area contributed by atoms with Crippen LogP contribution in [-0.2, 0) is 0 Å². The molecule has 0 nitrogen and oxygen atoms in total. The maximum atomic E-state index is 2.55. The van der Waals surface area contributed by atoms with Gasteiger partial charge in [-0.15, -0.1) is 0 Å². The zero-order valence-corrected chi connectivity index (χ0v) is 20.3. The molecular weight excluding hydrogens is 383 g/mol. The molecule has 3 aromatic rings. The first kappa shape index (κ1) is 21.9. The van der Waals surface area contributed by atoms with Crippen molar-refractivity contribution in [2.45, 2.75) is 52.2 Å². The van der Waals surface area contributed by atoms with E-state index in [-0.39, 0.29) is 0 Å². The minimum Gasteiger partial charge on any atom is -0.0711 e. The Labute approximate surface area is 179 Å². The molecule has 0 heterocycles. The summed E-state index contributed by atoms with van der Waals surface area (Å²) < 4.78 is 0. The van der Waals surface area contributed by atoms with Gasteiger partial charge in [-0.3, -0.25) is 0 Å². The highest BCUT2D eigenvalue weighted by Crippen LogP contribution is 2.49. The lowest BCUT2D eigenvalue weighted by atomic mass is 10.2. The summed E-state index contributed by atoms with van der Waals surface area (Å²) in [7, 11) is -1.55. The molecule has 0 bridgehead atoms. The minimum absolute atomic E-state index is 1.25. The molecule has 0 aliphatic rings. The first-order valence-corrected chi connectivity index (χ1v) is 16.2. The van der Waals surface area contributed by atoms with Gasteiger partial charge in [-0.1, -0.05) is 135 Å². The van der Waals surface area contributed by atoms with Crippen LogP contribution in [0, 0.1) is 0 Å². The smallest absolute Gasteiger partial charge is 0.0711 e. The van der Waals surface area contributed by atoms with Crippen molar-refractivity contribution in [3.63, 3.8) is 0 Å². The third-order valence-electron chi connectivity index (χ3n) is 5.72. The number of unbranched alkanes of at least 4 members (excludes halogenated alkanes) is 2. The van der Waals surface area contributed by atoms with Crippen LogP contribution in [0.15, 0.2) is 91.0 Å². The van der Waals surface area contributed by atoms with Gasteiger partial charge in [0.1, 0.15) is 0 Å². The molecule has 0 amide bonds. The molecule has 3 rings (SSSR count). The lowest BCUT2D eigenvalue weighted by molar-refractivity contribution is 0.746. The van der Waals surface area contributed by atoms with Gasteiger partial charge in [0, 0.05) is 0 Å². The number of hydrogen-bond donors (Lipinski definition) is 0. The van der Waals surface area contributed by atoms with Gasteiger partial charge in [-0.25, -0.2) is 0 Å². The van der Waals surface area contributed by atoms with Crippen molar-refractivity contribution in [2.75, 3.05) is 0 Å². The first-order valence-electron chi connectivity index (χ1n) is 10.9. The van der Waals surface area contributed by atoms with E-state index in [9.17, 15) is 0 Å². The Bertz CT molecular complexity index is 835. The summed E-state index contributed by atoms with van der Waals surface area (Å²) in [4.78, 5) is 1.85. The summed E-state index contributed by atoms with van der Waals surface area (Å²) in [6, 6.07) is 34.1. The summed E-state index contributed by atoms with van der Waals surface area (Å²) >= 11 is 0. The van der Waals surface area contributed by atoms with Crippen molar-refractivity contribution in [3.05, 3.63) is 91.0 Å². The van der Waals surface area contributed by atoms with E-state index in [4.69, 9.17) is 0 Å². The second-order valence-corrected chi connectivity index (χ2v) is 17.8. The van der Waals surface area contributed by atoms with Crippen molar-refractivity contribution in [1.82, 2.24) is 0 Å². The molecule has 0 aliphatic carbocycles. The van der Waals surface area contributed by atoms with E-state index in [0.717, 1.165) is 0 Å². The molecule has 0 N–H and O–H groups in total. The van der Waals surface area contributed by atoms with E-state index in [0.29, 0.717) is 0 Å². The van der Waals surface area contributed by atoms with Gasteiger partial charge in [-0.2, -0.15) is 0 Å². The van der Waals surface area contributed by atoms with E-state index in [2.05, 4.69) is 118 Å². The maximum Gasteiger partial charge on any atom is 0.0738 e. The summed E-state index contributed by atoms with van der Waals surface area (Å²) in [6.45, 7) is 8.12. The van der Waals surface area contributed by atoms with Crippen LogP contribution in [0.25, 0.3) is 0 Å². The van der Waals surface area contributed by atoms with Crippen LogP contribution in [0.4, 0.5) is 0 Å². The maximum absolute atomic E-state index is 2.55. The van der Waals surface area contributed by atoms with E-state index in [1.54, 1.807) is 0 Å². The zero-order valence-electron chi connectivity index (χ0n) is 18.4. The molecule has 0 saturated heterocycles. The van der Waals surface area contributed by atoms with Crippen molar-refractivity contribution < 1.29 is 0 Å². The molecule has 3 aromatic carbocycles. The van der Waals surface area contributed by atoms with Gasteiger partial charge in [0.15, 0.2) is 0 Å². The minimum atomic E-state index is -1.85. The van der Waals surface area contributed by atoms with Gasteiger partial charge in [0.2, 0.25) is 0 Å². The van der Waals surface area contributed by atoms with E-state index in [1.807, 2.05) is 4.92 Å². The van der Waals surface area contributed by atoms with Crippen molar-refractivity contribution >= 4 is 35.8 Å². The lowest BCUT2D eigenvalue weighted by Crippen LogP contribution is -2.41. The Balaban J connectivity index is 2.50. The summed E-state index contributed by atoms with van der Waals surface area (Å²) in [5.74, 6) is 0. The molecular formula is C27H35PSi. The highest BCUT2D eigenvalue weighted by Gasteiger charge is 2.34. The van der Waals surface area contributed by atoms with Crippen molar-refractivity contribution in [3.8, 4) is 0 Å². The van der Waals surface area contributed by atoms with Crippen LogP contribution in [-0.4, -0.2) is 13.0 Å². The third kappa shape index (κ3) is 4.68. The summed E-state index contributed by atoms with van der Waals surface area (Å²) in [6.07, 6.45) is 5.12. The third-order valence-corrected chi connectivity index (χ3v) is 15.0. The van der Waals surface area contributed by atoms with Crippen LogP contribution >= 0.6 is 6.89 Å². The van der Waals surface area contributed by atoms with Crippen molar-refractivity contribution in [2.24, 2.45) is 0 Å². The van der Waals surface area contributed by atoms with Gasteiger partial charge >= 0.3 is 0 Å². The highest BCUT2D eigenvalue weighted by molar-refractivity contribution is 7.98. The fourth-order valence-electron chi connectivity index (χ4n) is 4.46. The molecule has 0 aliphatic heterocycles. The molecule has 0 atom stereocenters. The Morgan fingerprint density at radius 1 is 0.621 bits per heavy atom. The SMILES string of the molecule is CCCCCC([Si](C)(C)C)=P(c1ccccc1)(c1ccccc1)c1ccccc1. The van der Waals surface area contributed by atoms with Crippen LogP contribution < -0.4 is 15.9 Å². The van der Waals surface area contributed by atoms with Crippen molar-refractivity contribution in [1.29, 1.82) is 0 Å². The van der Waals surface area contributed by atoms with Gasteiger partial charge in [-0.05, 0) is 35.6 Å². The summed E-state index contributed by atoms with van der Waals surface area (Å²) in [5, 5.41) is 4.52. The van der Waals surface area contributed by atoms with Crippen LogP contribution in [0.5, 0.6) is 0 Å². The van der Waals surface area contributed by atoms with E-state index < -0.39 is 15.0 Å². The highest BCUT2D eigenvalue weighted by atomic mass is 31.2. The fraction of sp³-hybridized carbons (Fsp3) is 0.296. The molecule has 0 fully saturated rings. The number of hydrogen-bond acceptors (Lipinski definition) is 0. The summed E-state index contributed by atoms with van der Waals surface area (Å²) in [5.41, 5.74) is 0. The Kier molecular flexibility index (Phi) is 7.38. The Morgan fingerprint density at radius 2 is 1.00 bits per heavy atom. The van der Waals surface area contributed by atoms with E-state index >= 15 is 0 Å². The molecule has 0 spiro atoms. The predicted octanol–water partition coefficient (Wildman–Crippen LogP) is 6.61. The standard InChI is InChI=1S/C27H35PSi/c1-5-6-10-23-27(29(2,3)4)28(24-17-11-7-12-18-24,25-19-13-8-14-20-25)26-21-15-9-16-22-26/h7-9,11-22H,5-6,10,23H2,1-4H3. The number of benzene rings is 3. The fourth-order valence-corrected chi connectivity index (χ4v) is 14.8. The second kappa shape index (κ2) is 9.79. The molecule has 29 heavy (non-hydrogen) atoms. The molecule has 152 valence electrons. The first-order chi connectivity index (χ1) is 14.0. The average Bonchev–Trinajstić information content (AvgIpc) is 2.75. The number of rotatable bonds is 8. The Hall–Kier alpha value is -1.82. The monoisotopic (exact) mass is 418 g/mol. The van der Waals surface area contributed by atoms with Crippen LogP contribution in [0.2, 0.25) is 19.6 Å².